The third-order valence-electron chi connectivity index (χ3n) is 7.49. The first-order valence-electron chi connectivity index (χ1n) is 13.4. The Labute approximate surface area is 234 Å². The number of carbonyl (C=O) groups is 2. The zero-order chi connectivity index (χ0) is 28.3. The molecule has 1 fully saturated rings. The first-order valence-corrected chi connectivity index (χ1v) is 14.8. The van der Waals surface area contributed by atoms with Crippen LogP contribution in [0.5, 0.6) is 0 Å². The summed E-state index contributed by atoms with van der Waals surface area (Å²) in [6.07, 6.45) is -0.252. The molecular weight excluding hydrogens is 530 g/mol. The Morgan fingerprint density at radius 2 is 1.62 bits per heavy atom. The largest absolute Gasteiger partial charge is 0.369 e. The Morgan fingerprint density at radius 1 is 0.950 bits per heavy atom. The van der Waals surface area contributed by atoms with E-state index in [2.05, 4.69) is 15.1 Å². The monoisotopic (exact) mass is 563 g/mol. The number of carbonyl (C=O) groups excluding carboxylic acids is 2. The highest BCUT2D eigenvalue weighted by Crippen LogP contribution is 2.35. The highest BCUT2D eigenvalue weighted by molar-refractivity contribution is 7.93. The number of aryl methyl sites for hydroxylation is 1. The van der Waals surface area contributed by atoms with Crippen LogP contribution in [0.3, 0.4) is 0 Å². The molecule has 8 nitrogen and oxygen atoms in total. The summed E-state index contributed by atoms with van der Waals surface area (Å²) in [5, 5.41) is 2.83. The molecule has 2 aliphatic rings. The Balaban J connectivity index is 1.32. The maximum Gasteiger partial charge on any atom is 0.265 e. The van der Waals surface area contributed by atoms with Crippen LogP contribution in [-0.2, 0) is 26.0 Å². The predicted octanol–water partition coefficient (Wildman–Crippen LogP) is 3.80. The maximum absolute atomic E-state index is 13.8. The molecule has 0 spiro atoms. The fraction of sp³-hybridized carbons (Fsp3) is 0.333. The summed E-state index contributed by atoms with van der Waals surface area (Å²) in [6, 6.07) is 19.6. The second-order valence-electron chi connectivity index (χ2n) is 10.2. The van der Waals surface area contributed by atoms with Crippen molar-refractivity contribution in [2.75, 3.05) is 53.9 Å². The van der Waals surface area contributed by atoms with E-state index in [4.69, 9.17) is 0 Å². The Kier molecular flexibility index (Phi) is 8.18. The number of anilines is 3. The lowest BCUT2D eigenvalue weighted by atomic mass is 9.94. The van der Waals surface area contributed by atoms with E-state index < -0.39 is 22.0 Å². The number of Topliss-reactive ketones (excluding diaryl/α,β-unsaturated/α-hetero) is 1. The van der Waals surface area contributed by atoms with Gasteiger partial charge in [-0.15, -0.1) is 0 Å². The van der Waals surface area contributed by atoms with Crippen molar-refractivity contribution in [3.05, 3.63) is 83.9 Å². The highest BCUT2D eigenvalue weighted by Gasteiger charge is 2.41. The van der Waals surface area contributed by atoms with Crippen molar-refractivity contribution in [1.29, 1.82) is 0 Å². The van der Waals surface area contributed by atoms with Crippen LogP contribution in [0.25, 0.3) is 0 Å². The number of halogens is 1. The second kappa shape index (κ2) is 11.8. The molecule has 2 heterocycles. The molecule has 1 atom stereocenters. The third-order valence-corrected chi connectivity index (χ3v) is 9.33. The summed E-state index contributed by atoms with van der Waals surface area (Å²) in [4.78, 5) is 30.8. The molecule has 3 aromatic rings. The summed E-state index contributed by atoms with van der Waals surface area (Å²) in [7, 11) is -4.12. The lowest BCUT2D eigenvalue weighted by molar-refractivity contribution is -0.123. The second-order valence-corrected chi connectivity index (χ2v) is 12.0. The number of para-hydroxylation sites is 1. The fourth-order valence-electron chi connectivity index (χ4n) is 5.29. The minimum Gasteiger partial charge on any atom is -0.369 e. The lowest BCUT2D eigenvalue weighted by Crippen LogP contribution is -2.50. The smallest absolute Gasteiger partial charge is 0.265 e. The van der Waals surface area contributed by atoms with Crippen LogP contribution in [-0.4, -0.2) is 70.4 Å². The molecule has 5 rings (SSSR count). The number of benzene rings is 3. The number of rotatable bonds is 8. The molecule has 0 saturated carbocycles. The van der Waals surface area contributed by atoms with Gasteiger partial charge in [0.25, 0.3) is 10.0 Å². The normalized spacial score (nSPS) is 17.9. The summed E-state index contributed by atoms with van der Waals surface area (Å²) in [5.41, 5.74) is 3.50. The number of ketones is 1. The Bertz CT molecular complexity index is 1470. The van der Waals surface area contributed by atoms with Crippen molar-refractivity contribution in [2.24, 2.45) is 0 Å². The van der Waals surface area contributed by atoms with Crippen molar-refractivity contribution < 1.29 is 22.4 Å². The van der Waals surface area contributed by atoms with Gasteiger partial charge in [0.1, 0.15) is 12.7 Å². The average Bonchev–Trinajstić information content (AvgIpc) is 2.94. The molecule has 0 radical (unpaired) electrons. The van der Waals surface area contributed by atoms with Crippen molar-refractivity contribution in [1.82, 2.24) is 4.90 Å². The number of fused-ring (bicyclic) bond motifs is 1. The molecule has 1 saturated heterocycles. The Morgan fingerprint density at radius 3 is 2.30 bits per heavy atom. The van der Waals surface area contributed by atoms with E-state index in [9.17, 15) is 22.4 Å². The minimum absolute atomic E-state index is 0.0569. The predicted molar refractivity (Wildman–Crippen MR) is 154 cm³/mol. The standard InChI is InChI=1S/C30H33FN4O4S/c1-22-6-12-26(13-7-22)40(38,39)35-27-5-3-2-4-23(27)20-29(36)28(35)21-30(37)32-24-8-10-25(11-9-24)34-18-16-33(15-14-31)17-19-34/h2-13,28H,14-21H2,1H3,(H,32,37)/t28-/m1/s1/i31-1. The molecular formula is C30H33FN4O4S. The fourth-order valence-corrected chi connectivity index (χ4v) is 6.96. The molecule has 2 aliphatic heterocycles. The molecule has 0 aromatic heterocycles. The minimum atomic E-state index is -4.12. The van der Waals surface area contributed by atoms with Crippen molar-refractivity contribution >= 4 is 38.8 Å². The quantitative estimate of drug-likeness (QED) is 0.449. The van der Waals surface area contributed by atoms with Gasteiger partial charge in [-0.3, -0.25) is 18.8 Å². The van der Waals surface area contributed by atoms with Gasteiger partial charge in [0.05, 0.1) is 17.0 Å². The van der Waals surface area contributed by atoms with Gasteiger partial charge in [0.2, 0.25) is 5.91 Å². The van der Waals surface area contributed by atoms with E-state index in [-0.39, 0.29) is 30.2 Å². The van der Waals surface area contributed by atoms with Crippen molar-refractivity contribution in [3.8, 4) is 0 Å². The zero-order valence-electron chi connectivity index (χ0n) is 22.4. The zero-order valence-corrected chi connectivity index (χ0v) is 23.2. The van der Waals surface area contributed by atoms with E-state index in [1.165, 1.54) is 12.1 Å². The molecule has 1 amide bonds. The third kappa shape index (κ3) is 5.88. The van der Waals surface area contributed by atoms with E-state index in [1.807, 2.05) is 19.1 Å². The highest BCUT2D eigenvalue weighted by atomic mass is 32.2. The summed E-state index contributed by atoms with van der Waals surface area (Å²) < 4.78 is 41.4. The van der Waals surface area contributed by atoms with Crippen LogP contribution >= 0.6 is 0 Å². The number of sulfonamides is 1. The van der Waals surface area contributed by atoms with Gasteiger partial charge in [0, 0.05) is 50.5 Å². The molecule has 0 bridgehead atoms. The number of alkyl halides is 1. The Hall–Kier alpha value is -3.76. The van der Waals surface area contributed by atoms with Crippen molar-refractivity contribution in [3.63, 3.8) is 0 Å². The molecule has 0 aliphatic carbocycles. The maximum atomic E-state index is 13.8. The topological polar surface area (TPSA) is 90.0 Å². The first-order chi connectivity index (χ1) is 19.3. The van der Waals surface area contributed by atoms with E-state index in [0.29, 0.717) is 23.5 Å². The van der Waals surface area contributed by atoms with Crippen LogP contribution in [0.2, 0.25) is 0 Å². The number of nitrogens with zero attached hydrogens (tertiary/aromatic N) is 3. The van der Waals surface area contributed by atoms with Gasteiger partial charge in [-0.25, -0.2) is 12.8 Å². The van der Waals surface area contributed by atoms with Gasteiger partial charge in [0.15, 0.2) is 5.78 Å². The number of piperazine rings is 1. The first kappa shape index (κ1) is 27.8. The number of hydrogen-bond acceptors (Lipinski definition) is 6. The van der Waals surface area contributed by atoms with E-state index >= 15 is 0 Å². The number of hydrogen-bond donors (Lipinski definition) is 1. The molecule has 210 valence electrons. The van der Waals surface area contributed by atoms with Crippen LogP contribution in [0, 0.1) is 6.92 Å². The SMILES string of the molecule is Cc1ccc(S(=O)(=O)N2c3ccccc3CC(=O)[C@H]2CC(=O)Nc2ccc(N3CCN(CC[18F])CC3)cc2)cc1. The van der Waals surface area contributed by atoms with Gasteiger partial charge in [-0.05, 0) is 55.0 Å². The average molecular weight is 564 g/mol. The van der Waals surface area contributed by atoms with Crippen LogP contribution in [0.15, 0.2) is 77.7 Å². The van der Waals surface area contributed by atoms with E-state index in [0.717, 1.165) is 41.7 Å². The molecule has 40 heavy (non-hydrogen) atoms. The molecule has 1 N–H and O–H groups in total. The number of amides is 1. The lowest BCUT2D eigenvalue weighted by Gasteiger charge is -2.36. The number of nitrogens with one attached hydrogen (secondary N) is 1. The van der Waals surface area contributed by atoms with Gasteiger partial charge in [-0.1, -0.05) is 35.9 Å². The van der Waals surface area contributed by atoms with Crippen molar-refractivity contribution in [2.45, 2.75) is 30.7 Å². The summed E-state index contributed by atoms with van der Waals surface area (Å²) in [6.45, 7) is 5.15. The van der Waals surface area contributed by atoms with Gasteiger partial charge >= 0.3 is 0 Å². The molecule has 3 aromatic carbocycles. The van der Waals surface area contributed by atoms with E-state index in [1.54, 1.807) is 48.5 Å². The van der Waals surface area contributed by atoms with Crippen LogP contribution in [0.4, 0.5) is 21.5 Å². The summed E-state index contributed by atoms with van der Waals surface area (Å²) >= 11 is 0. The molecule has 10 heteroatoms. The summed E-state index contributed by atoms with van der Waals surface area (Å²) in [5.74, 6) is -0.777. The molecule has 0 unspecified atom stereocenters. The van der Waals surface area contributed by atoms with Gasteiger partial charge in [-0.2, -0.15) is 0 Å². The van der Waals surface area contributed by atoms with Crippen LogP contribution in [0.1, 0.15) is 17.5 Å². The van der Waals surface area contributed by atoms with Crippen LogP contribution < -0.4 is 14.5 Å². The van der Waals surface area contributed by atoms with Gasteiger partial charge < -0.3 is 10.2 Å².